The molecule has 0 fully saturated rings. The maximum atomic E-state index is 13.5. The molecule has 0 atom stereocenters. The summed E-state index contributed by atoms with van der Waals surface area (Å²) in [5.41, 5.74) is -1.16. The zero-order valence-corrected chi connectivity index (χ0v) is 10.5. The van der Waals surface area contributed by atoms with Crippen molar-refractivity contribution in [3.63, 3.8) is 0 Å². The first-order valence-corrected chi connectivity index (χ1v) is 5.68. The molecule has 2 rings (SSSR count). The summed E-state index contributed by atoms with van der Waals surface area (Å²) in [6.07, 6.45) is 1.34. The van der Waals surface area contributed by atoms with E-state index in [0.29, 0.717) is 5.56 Å². The van der Waals surface area contributed by atoms with Gasteiger partial charge in [-0.05, 0) is 17.7 Å². The normalized spacial score (nSPS) is 10.5. The van der Waals surface area contributed by atoms with Gasteiger partial charge in [-0.1, -0.05) is 6.07 Å². The molecule has 7 heteroatoms. The number of carbonyl (C=O) groups is 1. The Kier molecular flexibility index (Phi) is 3.51. The maximum Gasteiger partial charge on any atom is 0.338 e. The van der Waals surface area contributed by atoms with Crippen molar-refractivity contribution in [1.82, 2.24) is 9.13 Å². The summed E-state index contributed by atoms with van der Waals surface area (Å²) in [4.78, 5) is 34.1. The Hall–Kier alpha value is -2.70. The number of benzene rings is 1. The van der Waals surface area contributed by atoms with Crippen molar-refractivity contribution in [3.05, 3.63) is 68.2 Å². The fourth-order valence-electron chi connectivity index (χ4n) is 1.77. The predicted octanol–water partition coefficient (Wildman–Crippen LogP) is 0.433. The van der Waals surface area contributed by atoms with Gasteiger partial charge in [0.05, 0.1) is 12.1 Å². The Morgan fingerprint density at radius 3 is 2.60 bits per heavy atom. The molecule has 20 heavy (non-hydrogen) atoms. The molecule has 2 aromatic rings. The third-order valence-electron chi connectivity index (χ3n) is 2.84. The minimum atomic E-state index is -1.37. The summed E-state index contributed by atoms with van der Waals surface area (Å²) >= 11 is 0. The summed E-state index contributed by atoms with van der Waals surface area (Å²) in [5.74, 6) is -2.28. The molecule has 0 unspecified atom stereocenters. The first-order valence-electron chi connectivity index (χ1n) is 5.68. The average Bonchev–Trinajstić information content (AvgIpc) is 2.39. The van der Waals surface area contributed by atoms with Crippen LogP contribution >= 0.6 is 0 Å². The smallest absolute Gasteiger partial charge is 0.338 e. The second-order valence-corrected chi connectivity index (χ2v) is 4.25. The third kappa shape index (κ3) is 2.51. The fourth-order valence-corrected chi connectivity index (χ4v) is 1.77. The first-order chi connectivity index (χ1) is 9.40. The summed E-state index contributed by atoms with van der Waals surface area (Å²) < 4.78 is 15.7. The molecule has 0 spiro atoms. The minimum absolute atomic E-state index is 0.122. The van der Waals surface area contributed by atoms with Crippen LogP contribution in [0.1, 0.15) is 15.9 Å². The van der Waals surface area contributed by atoms with Gasteiger partial charge in [0.1, 0.15) is 5.82 Å². The van der Waals surface area contributed by atoms with Crippen LogP contribution in [-0.4, -0.2) is 20.2 Å². The molecule has 0 aliphatic carbocycles. The molecule has 1 N–H and O–H groups in total. The highest BCUT2D eigenvalue weighted by molar-refractivity contribution is 5.87. The van der Waals surface area contributed by atoms with Crippen molar-refractivity contribution in [3.8, 4) is 0 Å². The number of aromatic carboxylic acids is 1. The van der Waals surface area contributed by atoms with Crippen LogP contribution in [0.2, 0.25) is 0 Å². The Morgan fingerprint density at radius 1 is 1.30 bits per heavy atom. The van der Waals surface area contributed by atoms with Gasteiger partial charge in [-0.15, -0.1) is 0 Å². The van der Waals surface area contributed by atoms with Gasteiger partial charge in [0.15, 0.2) is 0 Å². The molecular weight excluding hydrogens is 267 g/mol. The zero-order valence-electron chi connectivity index (χ0n) is 10.5. The van der Waals surface area contributed by atoms with Crippen LogP contribution in [0.25, 0.3) is 0 Å². The van der Waals surface area contributed by atoms with Gasteiger partial charge >= 0.3 is 11.7 Å². The van der Waals surface area contributed by atoms with Crippen LogP contribution in [0, 0.1) is 5.82 Å². The van der Waals surface area contributed by atoms with Crippen LogP contribution in [0.3, 0.4) is 0 Å². The number of aryl methyl sites for hydroxylation is 1. The summed E-state index contributed by atoms with van der Waals surface area (Å²) in [6.45, 7) is -0.122. The van der Waals surface area contributed by atoms with E-state index in [9.17, 15) is 18.8 Å². The molecule has 0 saturated heterocycles. The Morgan fingerprint density at radius 2 is 2.00 bits per heavy atom. The lowest BCUT2D eigenvalue weighted by molar-refractivity contribution is 0.0692. The van der Waals surface area contributed by atoms with Gasteiger partial charge in [0.25, 0.3) is 5.56 Å². The summed E-state index contributed by atoms with van der Waals surface area (Å²) in [5, 5.41) is 8.72. The van der Waals surface area contributed by atoms with Gasteiger partial charge in [-0.25, -0.2) is 14.0 Å². The van der Waals surface area contributed by atoms with E-state index < -0.39 is 28.6 Å². The largest absolute Gasteiger partial charge is 0.478 e. The molecular formula is C13H11FN2O4. The highest BCUT2D eigenvalue weighted by atomic mass is 19.1. The monoisotopic (exact) mass is 278 g/mol. The zero-order chi connectivity index (χ0) is 14.9. The maximum absolute atomic E-state index is 13.5. The van der Waals surface area contributed by atoms with Crippen molar-refractivity contribution in [2.75, 3.05) is 0 Å². The average molecular weight is 278 g/mol. The number of carboxylic acid groups (broad SMARTS) is 1. The van der Waals surface area contributed by atoms with E-state index in [1.54, 1.807) is 0 Å². The number of carboxylic acids is 1. The lowest BCUT2D eigenvalue weighted by Gasteiger charge is -2.07. The molecule has 1 aromatic carbocycles. The van der Waals surface area contributed by atoms with Crippen LogP contribution in [0.4, 0.5) is 4.39 Å². The first kappa shape index (κ1) is 13.7. The van der Waals surface area contributed by atoms with Crippen LogP contribution in [0.5, 0.6) is 0 Å². The number of nitrogens with zero attached hydrogens (tertiary/aromatic N) is 2. The van der Waals surface area contributed by atoms with E-state index >= 15 is 0 Å². The molecule has 0 saturated carbocycles. The van der Waals surface area contributed by atoms with Crippen molar-refractivity contribution >= 4 is 5.97 Å². The van der Waals surface area contributed by atoms with Crippen LogP contribution in [0.15, 0.2) is 40.1 Å². The standard InChI is InChI=1S/C13H11FN2O4/c1-15-5-4-11(17)16(13(15)20)7-8-2-3-9(12(18)19)10(14)6-8/h2-6H,7H2,1H3,(H,18,19). The molecule has 0 amide bonds. The van der Waals surface area contributed by atoms with Gasteiger partial charge in [-0.3, -0.25) is 9.36 Å². The van der Waals surface area contributed by atoms with Gasteiger partial charge < -0.3 is 9.67 Å². The molecule has 0 aliphatic heterocycles. The lowest BCUT2D eigenvalue weighted by atomic mass is 10.1. The van der Waals surface area contributed by atoms with Crippen molar-refractivity contribution in [2.45, 2.75) is 6.54 Å². The Labute approximate surface area is 112 Å². The quantitative estimate of drug-likeness (QED) is 0.883. The number of rotatable bonds is 3. The second-order valence-electron chi connectivity index (χ2n) is 4.25. The van der Waals surface area contributed by atoms with E-state index in [2.05, 4.69) is 0 Å². The van der Waals surface area contributed by atoms with E-state index in [1.807, 2.05) is 0 Å². The van der Waals surface area contributed by atoms with Crippen molar-refractivity contribution in [1.29, 1.82) is 0 Å². The predicted molar refractivity (Wildman–Crippen MR) is 68.4 cm³/mol. The summed E-state index contributed by atoms with van der Waals surface area (Å²) in [7, 11) is 1.49. The molecule has 0 bridgehead atoms. The third-order valence-corrected chi connectivity index (χ3v) is 2.84. The highest BCUT2D eigenvalue weighted by Crippen LogP contribution is 2.10. The topological polar surface area (TPSA) is 81.3 Å². The van der Waals surface area contributed by atoms with Gasteiger partial charge in [-0.2, -0.15) is 0 Å². The molecule has 0 radical (unpaired) electrons. The lowest BCUT2D eigenvalue weighted by Crippen LogP contribution is -2.38. The van der Waals surface area contributed by atoms with E-state index in [-0.39, 0.29) is 6.54 Å². The number of aromatic nitrogens is 2. The van der Waals surface area contributed by atoms with Crippen LogP contribution in [-0.2, 0) is 13.6 Å². The molecule has 1 aromatic heterocycles. The SMILES string of the molecule is Cn1ccc(=O)n(Cc2ccc(C(=O)O)c(F)c2)c1=O. The molecule has 6 nitrogen and oxygen atoms in total. The number of hydrogen-bond acceptors (Lipinski definition) is 3. The number of hydrogen-bond donors (Lipinski definition) is 1. The van der Waals surface area contributed by atoms with E-state index in [0.717, 1.165) is 16.7 Å². The molecule has 104 valence electrons. The Balaban J connectivity index is 2.44. The van der Waals surface area contributed by atoms with Crippen molar-refractivity contribution < 1.29 is 14.3 Å². The van der Waals surface area contributed by atoms with E-state index in [1.165, 1.54) is 29.9 Å². The molecule has 1 heterocycles. The molecule has 0 aliphatic rings. The van der Waals surface area contributed by atoms with E-state index in [4.69, 9.17) is 5.11 Å². The van der Waals surface area contributed by atoms with Gasteiger partial charge in [0.2, 0.25) is 0 Å². The van der Waals surface area contributed by atoms with Crippen LogP contribution < -0.4 is 11.2 Å². The Bertz CT molecular complexity index is 792. The van der Waals surface area contributed by atoms with Crippen molar-refractivity contribution in [2.24, 2.45) is 7.05 Å². The fraction of sp³-hybridized carbons (Fsp3) is 0.154. The second kappa shape index (κ2) is 5.12. The number of halogens is 1. The highest BCUT2D eigenvalue weighted by Gasteiger charge is 2.11. The van der Waals surface area contributed by atoms with Gasteiger partial charge in [0, 0.05) is 19.3 Å². The minimum Gasteiger partial charge on any atom is -0.478 e. The summed E-state index contributed by atoms with van der Waals surface area (Å²) in [6, 6.07) is 4.70.